The van der Waals surface area contributed by atoms with Crippen molar-refractivity contribution < 1.29 is 39.3 Å². The zero-order valence-corrected chi connectivity index (χ0v) is 16.1. The Hall–Kier alpha value is -3.67. The van der Waals surface area contributed by atoms with Crippen LogP contribution in [-0.4, -0.2) is 69.7 Å². The van der Waals surface area contributed by atoms with Crippen molar-refractivity contribution in [3.05, 3.63) is 29.8 Å². The Bertz CT molecular complexity index is 796. The van der Waals surface area contributed by atoms with Gasteiger partial charge in [0.2, 0.25) is 17.7 Å². The first-order chi connectivity index (χ1) is 14.0. The van der Waals surface area contributed by atoms with Gasteiger partial charge < -0.3 is 37.0 Å². The summed E-state index contributed by atoms with van der Waals surface area (Å²) in [4.78, 5) is 57.6. The summed E-state index contributed by atoms with van der Waals surface area (Å²) in [5, 5.41) is 33.8. The van der Waals surface area contributed by atoms with Gasteiger partial charge in [0.1, 0.15) is 17.8 Å². The van der Waals surface area contributed by atoms with Gasteiger partial charge in [-0.15, -0.1) is 0 Å². The highest BCUT2D eigenvalue weighted by Gasteiger charge is 2.23. The van der Waals surface area contributed by atoms with E-state index in [0.29, 0.717) is 5.56 Å². The summed E-state index contributed by atoms with van der Waals surface area (Å²) in [7, 11) is 0. The normalized spacial score (nSPS) is 13.4. The third-order valence-electron chi connectivity index (χ3n) is 3.92. The van der Waals surface area contributed by atoms with Crippen molar-refractivity contribution in [2.45, 2.75) is 37.9 Å². The summed E-state index contributed by atoms with van der Waals surface area (Å²) in [6, 6.07) is 2.10. The second-order valence-corrected chi connectivity index (χ2v) is 6.48. The maximum atomic E-state index is 12.0. The molecule has 0 fully saturated rings. The Morgan fingerprint density at radius 2 is 1.60 bits per heavy atom. The van der Waals surface area contributed by atoms with E-state index >= 15 is 0 Å². The fourth-order valence-corrected chi connectivity index (χ4v) is 2.30. The molecule has 0 saturated carbocycles. The number of phenolic OH excluding ortho intramolecular Hbond substituents is 1. The van der Waals surface area contributed by atoms with Gasteiger partial charge in [-0.1, -0.05) is 12.1 Å². The Kier molecular flexibility index (Phi) is 9.23. The van der Waals surface area contributed by atoms with Crippen LogP contribution in [0.2, 0.25) is 0 Å². The van der Waals surface area contributed by atoms with Gasteiger partial charge in [-0.3, -0.25) is 19.2 Å². The minimum absolute atomic E-state index is 0.0162. The van der Waals surface area contributed by atoms with Crippen LogP contribution in [0.1, 0.15) is 18.9 Å². The lowest BCUT2D eigenvalue weighted by Crippen LogP contribution is -2.52. The zero-order valence-electron chi connectivity index (χ0n) is 16.1. The number of carbonyl (C=O) groups is 5. The lowest BCUT2D eigenvalue weighted by molar-refractivity contribution is -0.141. The van der Waals surface area contributed by atoms with Gasteiger partial charge in [0.05, 0.1) is 19.0 Å². The van der Waals surface area contributed by atoms with Crippen LogP contribution in [0.4, 0.5) is 0 Å². The third kappa shape index (κ3) is 8.56. The van der Waals surface area contributed by atoms with Crippen LogP contribution >= 0.6 is 0 Å². The van der Waals surface area contributed by atoms with E-state index in [0.717, 1.165) is 0 Å². The molecule has 8 N–H and O–H groups in total. The number of benzene rings is 1. The quantitative estimate of drug-likeness (QED) is 0.208. The first-order valence-electron chi connectivity index (χ1n) is 8.85. The van der Waals surface area contributed by atoms with E-state index in [-0.39, 0.29) is 12.2 Å². The number of rotatable bonds is 11. The second kappa shape index (κ2) is 11.4. The average molecular weight is 424 g/mol. The van der Waals surface area contributed by atoms with Crippen LogP contribution in [0.3, 0.4) is 0 Å². The number of amides is 3. The zero-order chi connectivity index (χ0) is 22.8. The number of aromatic hydroxyl groups is 1. The van der Waals surface area contributed by atoms with Gasteiger partial charge in [-0.2, -0.15) is 0 Å². The lowest BCUT2D eigenvalue weighted by Gasteiger charge is -2.18. The van der Waals surface area contributed by atoms with Crippen LogP contribution < -0.4 is 21.7 Å². The smallest absolute Gasteiger partial charge is 0.326 e. The van der Waals surface area contributed by atoms with Gasteiger partial charge >= 0.3 is 11.9 Å². The van der Waals surface area contributed by atoms with Gasteiger partial charge in [-0.25, -0.2) is 4.79 Å². The minimum atomic E-state index is -1.34. The van der Waals surface area contributed by atoms with E-state index in [1.54, 1.807) is 0 Å². The molecule has 164 valence electrons. The second-order valence-electron chi connectivity index (χ2n) is 6.48. The van der Waals surface area contributed by atoms with Crippen LogP contribution in [0.5, 0.6) is 5.75 Å². The number of aliphatic carboxylic acids is 2. The van der Waals surface area contributed by atoms with E-state index in [2.05, 4.69) is 16.0 Å². The van der Waals surface area contributed by atoms with Crippen LogP contribution in [0.15, 0.2) is 24.3 Å². The SMILES string of the molecule is CC(NC(=O)C(N)CC(=O)O)C(=O)NCC(=O)NC(Cc1ccc(O)cc1)C(=O)O. The van der Waals surface area contributed by atoms with Crippen molar-refractivity contribution in [1.82, 2.24) is 16.0 Å². The first-order valence-corrected chi connectivity index (χ1v) is 8.85. The van der Waals surface area contributed by atoms with Crippen molar-refractivity contribution >= 4 is 29.7 Å². The van der Waals surface area contributed by atoms with Gasteiger partial charge in [0, 0.05) is 6.42 Å². The number of nitrogens with two attached hydrogens (primary N) is 1. The monoisotopic (exact) mass is 424 g/mol. The van der Waals surface area contributed by atoms with Gasteiger partial charge in [0.25, 0.3) is 0 Å². The van der Waals surface area contributed by atoms with E-state index in [4.69, 9.17) is 10.8 Å². The molecule has 0 saturated heterocycles. The van der Waals surface area contributed by atoms with Gasteiger partial charge in [0.15, 0.2) is 0 Å². The molecule has 0 bridgehead atoms. The number of phenols is 1. The predicted octanol–water partition coefficient (Wildman–Crippen LogP) is -2.07. The molecule has 1 rings (SSSR count). The summed E-state index contributed by atoms with van der Waals surface area (Å²) in [6.07, 6.45) is -0.649. The summed E-state index contributed by atoms with van der Waals surface area (Å²) >= 11 is 0. The molecule has 0 heterocycles. The number of nitrogens with one attached hydrogen (secondary N) is 3. The number of carboxylic acid groups (broad SMARTS) is 2. The molecule has 0 spiro atoms. The van der Waals surface area contributed by atoms with Crippen molar-refractivity contribution in [3.63, 3.8) is 0 Å². The van der Waals surface area contributed by atoms with Gasteiger partial charge in [-0.05, 0) is 24.6 Å². The van der Waals surface area contributed by atoms with Crippen LogP contribution in [0.25, 0.3) is 0 Å². The number of hydrogen-bond acceptors (Lipinski definition) is 7. The van der Waals surface area contributed by atoms with E-state index in [1.165, 1.54) is 31.2 Å². The number of carboxylic acids is 2. The molecule has 0 radical (unpaired) electrons. The van der Waals surface area contributed by atoms with Crippen molar-refractivity contribution in [3.8, 4) is 5.75 Å². The molecule has 1 aromatic carbocycles. The van der Waals surface area contributed by atoms with Crippen molar-refractivity contribution in [2.24, 2.45) is 5.73 Å². The molecule has 3 atom stereocenters. The predicted molar refractivity (Wildman–Crippen MR) is 102 cm³/mol. The summed E-state index contributed by atoms with van der Waals surface area (Å²) < 4.78 is 0. The van der Waals surface area contributed by atoms with Crippen molar-refractivity contribution in [1.29, 1.82) is 0 Å². The largest absolute Gasteiger partial charge is 0.508 e. The molecular formula is C18H24N4O8. The average Bonchev–Trinajstić information content (AvgIpc) is 2.66. The molecular weight excluding hydrogens is 400 g/mol. The van der Waals surface area contributed by atoms with Crippen LogP contribution in [-0.2, 0) is 30.4 Å². The lowest BCUT2D eigenvalue weighted by atomic mass is 10.1. The maximum absolute atomic E-state index is 12.0. The Morgan fingerprint density at radius 3 is 2.13 bits per heavy atom. The van der Waals surface area contributed by atoms with E-state index in [9.17, 15) is 34.2 Å². The number of hydrogen-bond donors (Lipinski definition) is 7. The molecule has 3 amide bonds. The molecule has 0 aliphatic carbocycles. The summed E-state index contributed by atoms with van der Waals surface area (Å²) in [5.41, 5.74) is 5.95. The molecule has 0 aliphatic rings. The number of carbonyl (C=O) groups excluding carboxylic acids is 3. The van der Waals surface area contributed by atoms with Crippen LogP contribution in [0, 0.1) is 0 Å². The topological polar surface area (TPSA) is 208 Å². The Labute approximate surface area is 171 Å². The molecule has 12 heteroatoms. The molecule has 0 aliphatic heterocycles. The maximum Gasteiger partial charge on any atom is 0.326 e. The Balaban J connectivity index is 2.51. The fourth-order valence-electron chi connectivity index (χ4n) is 2.30. The highest BCUT2D eigenvalue weighted by atomic mass is 16.4. The van der Waals surface area contributed by atoms with E-state index < -0.39 is 60.8 Å². The Morgan fingerprint density at radius 1 is 1.00 bits per heavy atom. The third-order valence-corrected chi connectivity index (χ3v) is 3.92. The summed E-state index contributed by atoms with van der Waals surface area (Å²) in [5.74, 6) is -4.89. The standard InChI is InChI=1S/C18H24N4O8/c1-9(21-17(28)12(19)7-15(25)26)16(27)20-8-14(24)22-13(18(29)30)6-10-2-4-11(23)5-3-10/h2-5,9,12-13,23H,6-8,19H2,1H3,(H,20,27)(H,21,28)(H,22,24)(H,25,26)(H,29,30). The molecule has 30 heavy (non-hydrogen) atoms. The van der Waals surface area contributed by atoms with E-state index in [1.807, 2.05) is 0 Å². The molecule has 3 unspecified atom stereocenters. The molecule has 1 aromatic rings. The summed E-state index contributed by atoms with van der Waals surface area (Å²) in [6.45, 7) is 0.767. The highest BCUT2D eigenvalue weighted by Crippen LogP contribution is 2.11. The molecule has 12 nitrogen and oxygen atoms in total. The fraction of sp³-hybridized carbons (Fsp3) is 0.389. The van der Waals surface area contributed by atoms with Crippen molar-refractivity contribution in [2.75, 3.05) is 6.54 Å². The first kappa shape index (κ1) is 24.4. The molecule has 0 aromatic heterocycles. The highest BCUT2D eigenvalue weighted by molar-refractivity contribution is 5.93. The minimum Gasteiger partial charge on any atom is -0.508 e.